The van der Waals surface area contributed by atoms with E-state index in [9.17, 15) is 0 Å². The maximum Gasteiger partial charge on any atom is 0.290 e. The Morgan fingerprint density at radius 2 is 1.75 bits per heavy atom. The van der Waals surface area contributed by atoms with Crippen molar-refractivity contribution in [1.29, 1.82) is 0 Å². The van der Waals surface area contributed by atoms with Gasteiger partial charge in [-0.25, -0.2) is 0 Å². The van der Waals surface area contributed by atoms with Crippen molar-refractivity contribution >= 4 is 6.47 Å². The Labute approximate surface area is 71.3 Å². The van der Waals surface area contributed by atoms with Gasteiger partial charge in [-0.2, -0.15) is 0 Å². The second-order valence-corrected chi connectivity index (χ2v) is 2.19. The van der Waals surface area contributed by atoms with E-state index in [0.29, 0.717) is 0 Å². The summed E-state index contributed by atoms with van der Waals surface area (Å²) >= 11 is 0. The van der Waals surface area contributed by atoms with Crippen molar-refractivity contribution in [2.24, 2.45) is 0 Å². The monoisotopic (exact) mass is 168 g/mol. The Morgan fingerprint density at radius 3 is 2.00 bits per heavy atom. The number of hydrogen-bond donors (Lipinski definition) is 2. The van der Waals surface area contributed by atoms with Gasteiger partial charge in [-0.15, -0.1) is 0 Å². The summed E-state index contributed by atoms with van der Waals surface area (Å²) in [6.45, 7) is 1.51. The van der Waals surface area contributed by atoms with Crippen LogP contribution in [0.5, 0.6) is 0 Å². The molecule has 0 saturated carbocycles. The third-order valence-electron chi connectivity index (χ3n) is 1.28. The molecule has 0 spiro atoms. The largest absolute Gasteiger partial charge is 0.483 e. The molecule has 1 unspecified atom stereocenters. The van der Waals surface area contributed by atoms with Gasteiger partial charge in [0.15, 0.2) is 0 Å². The van der Waals surface area contributed by atoms with Gasteiger partial charge in [-0.3, -0.25) is 4.79 Å². The second-order valence-electron chi connectivity index (χ2n) is 2.19. The summed E-state index contributed by atoms with van der Waals surface area (Å²) < 4.78 is 0. The summed E-state index contributed by atoms with van der Waals surface area (Å²) in [6, 6.07) is 9.59. The van der Waals surface area contributed by atoms with Crippen LogP contribution in [-0.4, -0.2) is 16.7 Å². The van der Waals surface area contributed by atoms with Crippen LogP contribution in [0.25, 0.3) is 0 Å². The van der Waals surface area contributed by atoms with Crippen molar-refractivity contribution in [2.45, 2.75) is 13.0 Å². The number of aliphatic hydroxyl groups is 1. The molecule has 66 valence electrons. The standard InChI is InChI=1S/C8H10O.CH2O2/c1-7(9)8-5-3-2-4-6-8;2-1-3/h2-7,9H,1H3;1H,(H,2,3). The molecule has 1 aromatic carbocycles. The van der Waals surface area contributed by atoms with Gasteiger partial charge in [-0.1, -0.05) is 30.3 Å². The number of carboxylic acid groups (broad SMARTS) is 1. The highest BCUT2D eigenvalue weighted by molar-refractivity contribution is 5.32. The highest BCUT2D eigenvalue weighted by Crippen LogP contribution is 2.08. The minimum absolute atomic E-state index is 0.250. The zero-order valence-electron chi connectivity index (χ0n) is 6.84. The van der Waals surface area contributed by atoms with Gasteiger partial charge in [0, 0.05) is 0 Å². The first kappa shape index (κ1) is 10.7. The van der Waals surface area contributed by atoms with E-state index in [-0.39, 0.29) is 12.6 Å². The zero-order valence-corrected chi connectivity index (χ0v) is 6.84. The van der Waals surface area contributed by atoms with E-state index in [1.54, 1.807) is 6.92 Å². The number of carbonyl (C=O) groups is 1. The fourth-order valence-electron chi connectivity index (χ4n) is 0.732. The lowest BCUT2D eigenvalue weighted by atomic mass is 10.1. The molecular weight excluding hydrogens is 156 g/mol. The Morgan fingerprint density at radius 1 is 1.33 bits per heavy atom. The second kappa shape index (κ2) is 6.37. The highest BCUT2D eigenvalue weighted by atomic mass is 16.3. The van der Waals surface area contributed by atoms with E-state index in [0.717, 1.165) is 5.56 Å². The summed E-state index contributed by atoms with van der Waals surface area (Å²) in [5, 5.41) is 15.9. The molecule has 1 rings (SSSR count). The van der Waals surface area contributed by atoms with Crippen LogP contribution >= 0.6 is 0 Å². The van der Waals surface area contributed by atoms with Crippen molar-refractivity contribution in [3.8, 4) is 0 Å². The minimum Gasteiger partial charge on any atom is -0.483 e. The molecule has 0 radical (unpaired) electrons. The summed E-state index contributed by atoms with van der Waals surface area (Å²) in [5.74, 6) is 0. The van der Waals surface area contributed by atoms with E-state index in [2.05, 4.69) is 0 Å². The SMILES string of the molecule is CC(O)c1ccccc1.O=CO. The van der Waals surface area contributed by atoms with Gasteiger partial charge in [0.25, 0.3) is 6.47 Å². The van der Waals surface area contributed by atoms with E-state index < -0.39 is 0 Å². The Bertz CT molecular complexity index is 206. The zero-order chi connectivity index (χ0) is 9.40. The molecule has 1 aromatic rings. The van der Waals surface area contributed by atoms with Gasteiger partial charge in [-0.05, 0) is 12.5 Å². The molecular formula is C9H12O3. The molecule has 0 aliphatic carbocycles. The number of benzene rings is 1. The summed E-state index contributed by atoms with van der Waals surface area (Å²) in [5.41, 5.74) is 0.970. The third kappa shape index (κ3) is 4.46. The fraction of sp³-hybridized carbons (Fsp3) is 0.222. The molecule has 0 saturated heterocycles. The van der Waals surface area contributed by atoms with Crippen LogP contribution in [0.15, 0.2) is 30.3 Å². The van der Waals surface area contributed by atoms with E-state index in [1.165, 1.54) is 0 Å². The molecule has 0 heterocycles. The third-order valence-corrected chi connectivity index (χ3v) is 1.28. The summed E-state index contributed by atoms with van der Waals surface area (Å²) in [7, 11) is 0. The predicted octanol–water partition coefficient (Wildman–Crippen LogP) is 1.44. The molecule has 2 N–H and O–H groups in total. The molecule has 0 bridgehead atoms. The van der Waals surface area contributed by atoms with Gasteiger partial charge < -0.3 is 10.2 Å². The van der Waals surface area contributed by atoms with Gasteiger partial charge in [0.1, 0.15) is 0 Å². The van der Waals surface area contributed by atoms with Crippen molar-refractivity contribution in [1.82, 2.24) is 0 Å². The molecule has 0 aliphatic heterocycles. The van der Waals surface area contributed by atoms with Crippen LogP contribution in [0, 0.1) is 0 Å². The lowest BCUT2D eigenvalue weighted by molar-refractivity contribution is -0.122. The van der Waals surface area contributed by atoms with Crippen LogP contribution in [-0.2, 0) is 4.79 Å². The summed E-state index contributed by atoms with van der Waals surface area (Å²) in [4.78, 5) is 8.36. The van der Waals surface area contributed by atoms with Gasteiger partial charge >= 0.3 is 0 Å². The Kier molecular flexibility index (Phi) is 5.65. The molecule has 0 aliphatic rings. The predicted molar refractivity (Wildman–Crippen MR) is 45.8 cm³/mol. The van der Waals surface area contributed by atoms with E-state index in [4.69, 9.17) is 15.0 Å². The number of hydrogen-bond acceptors (Lipinski definition) is 2. The maximum absolute atomic E-state index is 9.02. The summed E-state index contributed by atoms with van der Waals surface area (Å²) in [6.07, 6.45) is -0.341. The normalized spacial score (nSPS) is 10.8. The Hall–Kier alpha value is -1.35. The molecule has 3 nitrogen and oxygen atoms in total. The van der Waals surface area contributed by atoms with Crippen molar-refractivity contribution < 1.29 is 15.0 Å². The fourth-order valence-corrected chi connectivity index (χ4v) is 0.732. The van der Waals surface area contributed by atoms with Crippen molar-refractivity contribution in [2.75, 3.05) is 0 Å². The smallest absolute Gasteiger partial charge is 0.290 e. The lowest BCUT2D eigenvalue weighted by Gasteiger charge is -2.00. The van der Waals surface area contributed by atoms with Gasteiger partial charge in [0.2, 0.25) is 0 Å². The molecule has 0 fully saturated rings. The maximum atomic E-state index is 9.02. The molecule has 0 aromatic heterocycles. The molecule has 12 heavy (non-hydrogen) atoms. The quantitative estimate of drug-likeness (QED) is 0.624. The molecule has 3 heteroatoms. The van der Waals surface area contributed by atoms with Crippen LogP contribution < -0.4 is 0 Å². The average Bonchev–Trinajstić information content (AvgIpc) is 2.07. The first-order valence-corrected chi connectivity index (χ1v) is 3.53. The topological polar surface area (TPSA) is 57.5 Å². The first-order valence-electron chi connectivity index (χ1n) is 3.53. The average molecular weight is 168 g/mol. The van der Waals surface area contributed by atoms with Crippen LogP contribution in [0.3, 0.4) is 0 Å². The molecule has 1 atom stereocenters. The first-order chi connectivity index (χ1) is 5.72. The van der Waals surface area contributed by atoms with E-state index >= 15 is 0 Å². The Balaban J connectivity index is 0.000000354. The number of aliphatic hydroxyl groups excluding tert-OH is 1. The van der Waals surface area contributed by atoms with Crippen LogP contribution in [0.2, 0.25) is 0 Å². The highest BCUT2D eigenvalue weighted by Gasteiger charge is 1.95. The van der Waals surface area contributed by atoms with Crippen molar-refractivity contribution in [3.05, 3.63) is 35.9 Å². The number of rotatable bonds is 1. The minimum atomic E-state index is -0.341. The van der Waals surface area contributed by atoms with Crippen LogP contribution in [0.4, 0.5) is 0 Å². The molecule has 0 amide bonds. The van der Waals surface area contributed by atoms with E-state index in [1.807, 2.05) is 30.3 Å². The van der Waals surface area contributed by atoms with Crippen LogP contribution in [0.1, 0.15) is 18.6 Å². The van der Waals surface area contributed by atoms with Gasteiger partial charge in [0.05, 0.1) is 6.10 Å². The lowest BCUT2D eigenvalue weighted by Crippen LogP contribution is -1.87. The van der Waals surface area contributed by atoms with Crippen molar-refractivity contribution in [3.63, 3.8) is 0 Å².